The van der Waals surface area contributed by atoms with Crippen LogP contribution in [0.1, 0.15) is 24.2 Å². The Balaban J connectivity index is 1.80. The number of benzene rings is 2. The molecule has 0 aliphatic rings. The Morgan fingerprint density at radius 3 is 2.46 bits per heavy atom. The molecule has 1 heterocycles. The number of aromatic carboxylic acids is 1. The highest BCUT2D eigenvalue weighted by Gasteiger charge is 2.10. The van der Waals surface area contributed by atoms with E-state index < -0.39 is 5.97 Å². The summed E-state index contributed by atoms with van der Waals surface area (Å²) in [5.74, 6) is -1.05. The molecule has 0 aliphatic heterocycles. The summed E-state index contributed by atoms with van der Waals surface area (Å²) in [6, 6.07) is 14.2. The zero-order valence-electron chi connectivity index (χ0n) is 14.4. The fourth-order valence-electron chi connectivity index (χ4n) is 2.34. The van der Waals surface area contributed by atoms with E-state index in [2.05, 4.69) is 10.3 Å². The molecule has 1 aromatic heterocycles. The number of thiazole rings is 1. The van der Waals surface area contributed by atoms with E-state index >= 15 is 0 Å². The lowest BCUT2D eigenvalue weighted by Gasteiger charge is -2.07. The summed E-state index contributed by atoms with van der Waals surface area (Å²) in [7, 11) is 0. The van der Waals surface area contributed by atoms with Gasteiger partial charge >= 0.3 is 5.97 Å². The highest BCUT2D eigenvalue weighted by atomic mass is 32.1. The molecule has 0 spiro atoms. The first-order valence-corrected chi connectivity index (χ1v) is 9.02. The van der Waals surface area contributed by atoms with E-state index in [1.54, 1.807) is 18.2 Å². The topological polar surface area (TPSA) is 79.3 Å². The number of anilines is 1. The molecule has 1 amide bonds. The molecule has 0 saturated carbocycles. The number of nitrogens with one attached hydrogen (secondary N) is 1. The Morgan fingerprint density at radius 1 is 1.08 bits per heavy atom. The van der Waals surface area contributed by atoms with E-state index in [0.29, 0.717) is 0 Å². The largest absolute Gasteiger partial charge is 0.478 e. The van der Waals surface area contributed by atoms with Gasteiger partial charge in [-0.2, -0.15) is 0 Å². The quantitative estimate of drug-likeness (QED) is 0.682. The third kappa shape index (κ3) is 3.97. The highest BCUT2D eigenvalue weighted by molar-refractivity contribution is 7.13. The Bertz CT molecular complexity index is 946. The van der Waals surface area contributed by atoms with Crippen molar-refractivity contribution in [1.82, 2.24) is 4.98 Å². The highest BCUT2D eigenvalue weighted by Crippen LogP contribution is 2.30. The van der Waals surface area contributed by atoms with Crippen molar-refractivity contribution >= 4 is 28.9 Å². The Morgan fingerprint density at radius 2 is 1.81 bits per heavy atom. The molecule has 0 unspecified atom stereocenters. The van der Waals surface area contributed by atoms with Crippen molar-refractivity contribution in [2.24, 2.45) is 5.92 Å². The van der Waals surface area contributed by atoms with E-state index in [9.17, 15) is 9.59 Å². The van der Waals surface area contributed by atoms with Gasteiger partial charge in [0.2, 0.25) is 5.91 Å². The molecular weight excluding hydrogens is 348 g/mol. The van der Waals surface area contributed by atoms with Crippen LogP contribution >= 0.6 is 11.3 Å². The van der Waals surface area contributed by atoms with Gasteiger partial charge < -0.3 is 10.4 Å². The maximum Gasteiger partial charge on any atom is 0.335 e. The molecule has 2 aromatic carbocycles. The van der Waals surface area contributed by atoms with Crippen LogP contribution in [0.15, 0.2) is 53.9 Å². The molecule has 0 saturated heterocycles. The summed E-state index contributed by atoms with van der Waals surface area (Å²) in [6.45, 7) is 3.69. The molecule has 2 N–H and O–H groups in total. The minimum atomic E-state index is -0.956. The van der Waals surface area contributed by atoms with Crippen LogP contribution in [-0.4, -0.2) is 22.0 Å². The predicted octanol–water partition coefficient (Wildman–Crippen LogP) is 4.77. The van der Waals surface area contributed by atoms with Crippen molar-refractivity contribution in [2.45, 2.75) is 13.8 Å². The minimum absolute atomic E-state index is 0.0213. The maximum absolute atomic E-state index is 11.7. The number of carboxylic acids is 1. The van der Waals surface area contributed by atoms with Gasteiger partial charge in [-0.1, -0.05) is 38.1 Å². The summed E-state index contributed by atoms with van der Waals surface area (Å²) >= 11 is 1.46. The van der Waals surface area contributed by atoms with Gasteiger partial charge in [0.25, 0.3) is 0 Å². The summed E-state index contributed by atoms with van der Waals surface area (Å²) < 4.78 is 0. The van der Waals surface area contributed by atoms with E-state index in [4.69, 9.17) is 5.11 Å². The molecule has 132 valence electrons. The molecule has 0 radical (unpaired) electrons. The predicted molar refractivity (Wildman–Crippen MR) is 103 cm³/mol. The smallest absolute Gasteiger partial charge is 0.335 e. The molecule has 0 bridgehead atoms. The first-order chi connectivity index (χ1) is 12.4. The van der Waals surface area contributed by atoms with Crippen LogP contribution in [0.25, 0.3) is 21.8 Å². The number of aromatic nitrogens is 1. The fourth-order valence-corrected chi connectivity index (χ4v) is 3.16. The van der Waals surface area contributed by atoms with E-state index in [0.717, 1.165) is 27.5 Å². The SMILES string of the molecule is CC(C)C(=O)Nc1ccc(-c2csc(-c3cccc(C(=O)O)c3)n2)cc1. The van der Waals surface area contributed by atoms with Crippen LogP contribution in [0.3, 0.4) is 0 Å². The van der Waals surface area contributed by atoms with Crippen LogP contribution in [0.4, 0.5) is 5.69 Å². The molecule has 0 aliphatic carbocycles. The second-order valence-corrected chi connectivity index (χ2v) is 7.00. The van der Waals surface area contributed by atoms with Gasteiger partial charge in [-0.3, -0.25) is 4.79 Å². The van der Waals surface area contributed by atoms with Crippen molar-refractivity contribution in [3.05, 3.63) is 59.5 Å². The summed E-state index contributed by atoms with van der Waals surface area (Å²) in [5, 5.41) is 14.7. The van der Waals surface area contributed by atoms with Gasteiger partial charge in [0.1, 0.15) is 5.01 Å². The fraction of sp³-hybridized carbons (Fsp3) is 0.150. The average molecular weight is 366 g/mol. The normalized spacial score (nSPS) is 10.7. The molecular formula is C20H18N2O3S. The second kappa shape index (κ2) is 7.49. The number of rotatable bonds is 5. The molecule has 26 heavy (non-hydrogen) atoms. The van der Waals surface area contributed by atoms with Crippen molar-refractivity contribution in [2.75, 3.05) is 5.32 Å². The Kier molecular flexibility index (Phi) is 5.14. The van der Waals surface area contributed by atoms with Crippen molar-refractivity contribution < 1.29 is 14.7 Å². The van der Waals surface area contributed by atoms with Gasteiger partial charge in [-0.15, -0.1) is 11.3 Å². The summed E-state index contributed by atoms with van der Waals surface area (Å²) in [6.07, 6.45) is 0. The van der Waals surface area contributed by atoms with Crippen LogP contribution in [0.5, 0.6) is 0 Å². The number of carbonyl (C=O) groups is 2. The van der Waals surface area contributed by atoms with Gasteiger partial charge in [0.15, 0.2) is 0 Å². The zero-order valence-corrected chi connectivity index (χ0v) is 15.2. The van der Waals surface area contributed by atoms with Gasteiger partial charge in [0.05, 0.1) is 11.3 Å². The van der Waals surface area contributed by atoms with E-state index in [1.165, 1.54) is 11.3 Å². The van der Waals surface area contributed by atoms with Crippen LogP contribution in [0, 0.1) is 5.92 Å². The molecule has 0 fully saturated rings. The first kappa shape index (κ1) is 17.8. The monoisotopic (exact) mass is 366 g/mol. The standard InChI is InChI=1S/C20H18N2O3S/c1-12(2)18(23)21-16-8-6-13(7-9-16)17-11-26-19(22-17)14-4-3-5-15(10-14)20(24)25/h3-12H,1-2H3,(H,21,23)(H,24,25). The lowest BCUT2D eigenvalue weighted by molar-refractivity contribution is -0.118. The van der Waals surface area contributed by atoms with Crippen LogP contribution < -0.4 is 5.32 Å². The third-order valence-corrected chi connectivity index (χ3v) is 4.72. The molecule has 0 atom stereocenters. The molecule has 3 rings (SSSR count). The Hall–Kier alpha value is -2.99. The van der Waals surface area contributed by atoms with Crippen molar-refractivity contribution in [3.63, 3.8) is 0 Å². The summed E-state index contributed by atoms with van der Waals surface area (Å²) in [5.41, 5.74) is 3.51. The zero-order chi connectivity index (χ0) is 18.7. The average Bonchev–Trinajstić information content (AvgIpc) is 3.12. The third-order valence-electron chi connectivity index (χ3n) is 3.83. The van der Waals surface area contributed by atoms with Crippen molar-refractivity contribution in [1.29, 1.82) is 0 Å². The number of amides is 1. The summed E-state index contributed by atoms with van der Waals surface area (Å²) in [4.78, 5) is 27.5. The first-order valence-electron chi connectivity index (χ1n) is 8.14. The van der Waals surface area contributed by atoms with Gasteiger partial charge in [-0.05, 0) is 24.3 Å². The number of hydrogen-bond donors (Lipinski definition) is 2. The molecule has 6 heteroatoms. The Labute approximate surface area is 155 Å². The van der Waals surface area contributed by atoms with Gasteiger partial charge in [-0.25, -0.2) is 9.78 Å². The van der Waals surface area contributed by atoms with Gasteiger partial charge in [0, 0.05) is 28.1 Å². The van der Waals surface area contributed by atoms with Crippen LogP contribution in [0.2, 0.25) is 0 Å². The van der Waals surface area contributed by atoms with E-state index in [1.807, 2.05) is 49.6 Å². The number of nitrogens with zero attached hydrogens (tertiary/aromatic N) is 1. The molecule has 5 nitrogen and oxygen atoms in total. The number of carboxylic acid groups (broad SMARTS) is 1. The lowest BCUT2D eigenvalue weighted by atomic mass is 10.1. The number of hydrogen-bond acceptors (Lipinski definition) is 4. The second-order valence-electron chi connectivity index (χ2n) is 6.15. The number of carbonyl (C=O) groups excluding carboxylic acids is 1. The lowest BCUT2D eigenvalue weighted by Crippen LogP contribution is -2.17. The maximum atomic E-state index is 11.7. The molecule has 3 aromatic rings. The minimum Gasteiger partial charge on any atom is -0.478 e. The van der Waals surface area contributed by atoms with Crippen LogP contribution in [-0.2, 0) is 4.79 Å². The van der Waals surface area contributed by atoms with Crippen molar-refractivity contribution in [3.8, 4) is 21.8 Å². The van der Waals surface area contributed by atoms with E-state index in [-0.39, 0.29) is 17.4 Å².